The second-order valence-corrected chi connectivity index (χ2v) is 5.07. The van der Waals surface area contributed by atoms with Gasteiger partial charge in [-0.3, -0.25) is 0 Å². The Hall–Kier alpha value is -1.34. The van der Waals surface area contributed by atoms with Crippen molar-refractivity contribution in [3.8, 4) is 5.75 Å². The van der Waals surface area contributed by atoms with E-state index in [1.54, 1.807) is 0 Å². The van der Waals surface area contributed by atoms with Crippen LogP contribution in [0, 0.1) is 5.82 Å². The molecular weight excluding hydrogens is 278 g/mol. The van der Waals surface area contributed by atoms with Crippen molar-refractivity contribution < 1.29 is 27.0 Å². The second-order valence-electron chi connectivity index (χ2n) is 5.07. The Bertz CT molecular complexity index is 532. The van der Waals surface area contributed by atoms with E-state index in [2.05, 4.69) is 10.1 Å². The SMILES string of the molecule is CC1CN[C@H]2c3ccc(OC(F)(F)F)c(F)c3C[C@H]2O1. The van der Waals surface area contributed by atoms with Crippen LogP contribution < -0.4 is 10.1 Å². The van der Waals surface area contributed by atoms with Crippen molar-refractivity contribution in [1.82, 2.24) is 5.32 Å². The summed E-state index contributed by atoms with van der Waals surface area (Å²) in [7, 11) is 0. The van der Waals surface area contributed by atoms with Crippen LogP contribution in [0.3, 0.4) is 0 Å². The predicted molar refractivity (Wildman–Crippen MR) is 61.9 cm³/mol. The van der Waals surface area contributed by atoms with E-state index in [1.807, 2.05) is 6.92 Å². The zero-order valence-corrected chi connectivity index (χ0v) is 10.6. The summed E-state index contributed by atoms with van der Waals surface area (Å²) in [6, 6.07) is 2.32. The highest BCUT2D eigenvalue weighted by Gasteiger charge is 2.40. The van der Waals surface area contributed by atoms with Crippen molar-refractivity contribution in [3.05, 3.63) is 29.1 Å². The number of alkyl halides is 3. The summed E-state index contributed by atoms with van der Waals surface area (Å²) in [6.45, 7) is 2.52. The van der Waals surface area contributed by atoms with Gasteiger partial charge in [0.25, 0.3) is 0 Å². The third-order valence-corrected chi connectivity index (χ3v) is 3.61. The molecule has 1 N–H and O–H groups in total. The Morgan fingerprint density at radius 1 is 1.35 bits per heavy atom. The Balaban J connectivity index is 1.92. The van der Waals surface area contributed by atoms with E-state index in [4.69, 9.17) is 4.74 Å². The Labute approximate surface area is 112 Å². The third kappa shape index (κ3) is 2.35. The number of hydrogen-bond acceptors (Lipinski definition) is 3. The molecule has 1 unspecified atom stereocenters. The first-order valence-electron chi connectivity index (χ1n) is 6.31. The molecule has 1 aromatic rings. The van der Waals surface area contributed by atoms with Crippen LogP contribution in [-0.4, -0.2) is 25.1 Å². The molecule has 1 aliphatic heterocycles. The molecule has 0 radical (unpaired) electrons. The first-order chi connectivity index (χ1) is 9.35. The molecule has 0 saturated carbocycles. The molecule has 2 aliphatic rings. The maximum Gasteiger partial charge on any atom is 0.573 e. The van der Waals surface area contributed by atoms with Crippen molar-refractivity contribution in [2.45, 2.75) is 38.0 Å². The minimum absolute atomic E-state index is 0.000445. The first-order valence-corrected chi connectivity index (χ1v) is 6.31. The van der Waals surface area contributed by atoms with Gasteiger partial charge in [-0.05, 0) is 24.1 Å². The fraction of sp³-hybridized carbons (Fsp3) is 0.538. The van der Waals surface area contributed by atoms with Crippen molar-refractivity contribution in [2.24, 2.45) is 0 Å². The molecular formula is C13H13F4NO2. The van der Waals surface area contributed by atoms with E-state index in [-0.39, 0.29) is 30.2 Å². The van der Waals surface area contributed by atoms with Gasteiger partial charge in [0.05, 0.1) is 18.2 Å². The van der Waals surface area contributed by atoms with Crippen LogP contribution in [-0.2, 0) is 11.2 Å². The van der Waals surface area contributed by atoms with E-state index in [9.17, 15) is 17.6 Å². The maximum absolute atomic E-state index is 14.1. The van der Waals surface area contributed by atoms with Gasteiger partial charge in [0.1, 0.15) is 0 Å². The molecule has 0 amide bonds. The summed E-state index contributed by atoms with van der Waals surface area (Å²) in [5.74, 6) is -1.74. The molecule has 1 fully saturated rings. The van der Waals surface area contributed by atoms with Crippen LogP contribution in [0.1, 0.15) is 24.1 Å². The Kier molecular flexibility index (Phi) is 3.13. The summed E-state index contributed by atoms with van der Waals surface area (Å²) in [5, 5.41) is 3.23. The average Bonchev–Trinajstić information content (AvgIpc) is 2.69. The Morgan fingerprint density at radius 2 is 2.10 bits per heavy atom. The molecule has 1 heterocycles. The van der Waals surface area contributed by atoms with Gasteiger partial charge in [-0.2, -0.15) is 0 Å². The third-order valence-electron chi connectivity index (χ3n) is 3.61. The van der Waals surface area contributed by atoms with Crippen molar-refractivity contribution >= 4 is 0 Å². The smallest absolute Gasteiger partial charge is 0.403 e. The summed E-state index contributed by atoms with van der Waals surface area (Å²) >= 11 is 0. The molecule has 3 atom stereocenters. The lowest BCUT2D eigenvalue weighted by Gasteiger charge is -2.32. The van der Waals surface area contributed by atoms with E-state index < -0.39 is 17.9 Å². The number of ether oxygens (including phenoxy) is 2. The maximum atomic E-state index is 14.1. The number of benzene rings is 1. The molecule has 3 rings (SSSR count). The van der Waals surface area contributed by atoms with E-state index in [0.29, 0.717) is 12.1 Å². The second kappa shape index (κ2) is 4.60. The van der Waals surface area contributed by atoms with Crippen LogP contribution in [0.2, 0.25) is 0 Å². The van der Waals surface area contributed by atoms with Crippen LogP contribution >= 0.6 is 0 Å². The molecule has 3 nitrogen and oxygen atoms in total. The van der Waals surface area contributed by atoms with Gasteiger partial charge in [-0.15, -0.1) is 13.2 Å². The minimum atomic E-state index is -4.90. The highest BCUT2D eigenvalue weighted by atomic mass is 19.4. The van der Waals surface area contributed by atoms with Gasteiger partial charge in [-0.25, -0.2) is 4.39 Å². The van der Waals surface area contributed by atoms with Crippen molar-refractivity contribution in [2.75, 3.05) is 6.54 Å². The molecule has 0 aromatic heterocycles. The quantitative estimate of drug-likeness (QED) is 0.807. The summed E-state index contributed by atoms with van der Waals surface area (Å²) < 4.78 is 60.1. The predicted octanol–water partition coefficient (Wildman–Crippen LogP) is 2.70. The fourth-order valence-electron chi connectivity index (χ4n) is 2.84. The lowest BCUT2D eigenvalue weighted by atomic mass is 10.1. The average molecular weight is 291 g/mol. The summed E-state index contributed by atoms with van der Waals surface area (Å²) in [4.78, 5) is 0. The zero-order chi connectivity index (χ0) is 14.5. The number of hydrogen-bond donors (Lipinski definition) is 1. The minimum Gasteiger partial charge on any atom is -0.403 e. The molecule has 1 aliphatic carbocycles. The van der Waals surface area contributed by atoms with Gasteiger partial charge in [0.2, 0.25) is 0 Å². The molecule has 0 bridgehead atoms. The molecule has 7 heteroatoms. The number of nitrogens with one attached hydrogen (secondary N) is 1. The first kappa shape index (κ1) is 13.6. The van der Waals surface area contributed by atoms with Gasteiger partial charge in [-0.1, -0.05) is 6.07 Å². The zero-order valence-electron chi connectivity index (χ0n) is 10.6. The van der Waals surface area contributed by atoms with Crippen LogP contribution in [0.5, 0.6) is 5.75 Å². The molecule has 110 valence electrons. The van der Waals surface area contributed by atoms with Gasteiger partial charge >= 0.3 is 6.36 Å². The molecule has 1 saturated heterocycles. The highest BCUT2D eigenvalue weighted by molar-refractivity contribution is 5.44. The largest absolute Gasteiger partial charge is 0.573 e. The van der Waals surface area contributed by atoms with E-state index in [0.717, 1.165) is 6.07 Å². The van der Waals surface area contributed by atoms with Gasteiger partial charge in [0.15, 0.2) is 11.6 Å². The summed E-state index contributed by atoms with van der Waals surface area (Å²) in [6.07, 6.45) is -4.90. The summed E-state index contributed by atoms with van der Waals surface area (Å²) in [5.41, 5.74) is 0.886. The van der Waals surface area contributed by atoms with Crippen LogP contribution in [0.25, 0.3) is 0 Å². The van der Waals surface area contributed by atoms with E-state index >= 15 is 0 Å². The monoisotopic (exact) mass is 291 g/mol. The van der Waals surface area contributed by atoms with Crippen LogP contribution in [0.4, 0.5) is 17.6 Å². The number of fused-ring (bicyclic) bond motifs is 3. The van der Waals surface area contributed by atoms with E-state index in [1.165, 1.54) is 6.07 Å². The number of rotatable bonds is 1. The molecule has 0 spiro atoms. The normalized spacial score (nSPS) is 28.9. The fourth-order valence-corrected chi connectivity index (χ4v) is 2.84. The molecule has 1 aromatic carbocycles. The molecule has 20 heavy (non-hydrogen) atoms. The number of morpholine rings is 1. The lowest BCUT2D eigenvalue weighted by molar-refractivity contribution is -0.275. The topological polar surface area (TPSA) is 30.5 Å². The Morgan fingerprint density at radius 3 is 2.80 bits per heavy atom. The van der Waals surface area contributed by atoms with Crippen LogP contribution in [0.15, 0.2) is 12.1 Å². The standard InChI is InChI=1S/C13H13F4NO2/c1-6-5-18-12-7-2-3-9(20-13(15,16)17)11(14)8(7)4-10(12)19-6/h2-3,6,10,12,18H,4-5H2,1H3/t6?,10-,12+/m1/s1. The van der Waals surface area contributed by atoms with Crippen molar-refractivity contribution in [1.29, 1.82) is 0 Å². The van der Waals surface area contributed by atoms with Gasteiger partial charge < -0.3 is 14.8 Å². The van der Waals surface area contributed by atoms with Gasteiger partial charge in [0, 0.05) is 13.0 Å². The lowest BCUT2D eigenvalue weighted by Crippen LogP contribution is -2.44. The number of halogens is 4. The van der Waals surface area contributed by atoms with Crippen molar-refractivity contribution in [3.63, 3.8) is 0 Å². The highest BCUT2D eigenvalue weighted by Crippen LogP contribution is 2.40.